The van der Waals surface area contributed by atoms with E-state index in [0.29, 0.717) is 5.92 Å². The van der Waals surface area contributed by atoms with Gasteiger partial charge in [0.05, 0.1) is 0 Å². The molecule has 16 heavy (non-hydrogen) atoms. The summed E-state index contributed by atoms with van der Waals surface area (Å²) in [6.07, 6.45) is 6.48. The number of amides is 1. The predicted molar refractivity (Wildman–Crippen MR) is 61.0 cm³/mol. The van der Waals surface area contributed by atoms with E-state index < -0.39 is 5.97 Å². The van der Waals surface area contributed by atoms with Crippen LogP contribution in [0.3, 0.4) is 0 Å². The highest BCUT2D eigenvalue weighted by Crippen LogP contribution is 2.31. The SMILES string of the molecule is CCC1CCCCCC1C(=O)NCC(=O)O. The van der Waals surface area contributed by atoms with E-state index in [0.717, 1.165) is 25.7 Å². The van der Waals surface area contributed by atoms with Crippen molar-refractivity contribution in [1.29, 1.82) is 0 Å². The number of carboxylic acids is 1. The van der Waals surface area contributed by atoms with E-state index in [-0.39, 0.29) is 18.4 Å². The van der Waals surface area contributed by atoms with Crippen LogP contribution in [0.1, 0.15) is 45.4 Å². The van der Waals surface area contributed by atoms with Crippen LogP contribution in [0.15, 0.2) is 0 Å². The Hall–Kier alpha value is -1.06. The first kappa shape index (κ1) is 13.0. The predicted octanol–water partition coefficient (Wildman–Crippen LogP) is 1.79. The minimum Gasteiger partial charge on any atom is -0.480 e. The van der Waals surface area contributed by atoms with E-state index >= 15 is 0 Å². The van der Waals surface area contributed by atoms with Crippen LogP contribution in [0, 0.1) is 11.8 Å². The van der Waals surface area contributed by atoms with Crippen LogP contribution in [0.2, 0.25) is 0 Å². The van der Waals surface area contributed by atoms with Gasteiger partial charge in [-0.1, -0.05) is 32.6 Å². The molecule has 4 heteroatoms. The zero-order valence-corrected chi connectivity index (χ0v) is 9.87. The third-order valence-corrected chi connectivity index (χ3v) is 3.43. The second-order valence-electron chi connectivity index (χ2n) is 4.52. The lowest BCUT2D eigenvalue weighted by Gasteiger charge is -2.22. The second kappa shape index (κ2) is 6.51. The van der Waals surface area contributed by atoms with E-state index in [1.165, 1.54) is 12.8 Å². The number of carbonyl (C=O) groups excluding carboxylic acids is 1. The van der Waals surface area contributed by atoms with Gasteiger partial charge in [-0.2, -0.15) is 0 Å². The summed E-state index contributed by atoms with van der Waals surface area (Å²) < 4.78 is 0. The van der Waals surface area contributed by atoms with Gasteiger partial charge in [-0.05, 0) is 18.8 Å². The van der Waals surface area contributed by atoms with Gasteiger partial charge in [0.1, 0.15) is 6.54 Å². The Morgan fingerprint density at radius 3 is 2.56 bits per heavy atom. The Bertz CT molecular complexity index is 253. The summed E-state index contributed by atoms with van der Waals surface area (Å²) in [5.74, 6) is -0.602. The first-order valence-corrected chi connectivity index (χ1v) is 6.14. The molecule has 0 aromatic heterocycles. The Labute approximate surface area is 96.4 Å². The van der Waals surface area contributed by atoms with Crippen molar-refractivity contribution >= 4 is 11.9 Å². The summed E-state index contributed by atoms with van der Waals surface area (Å²) in [4.78, 5) is 22.2. The number of aliphatic carboxylic acids is 1. The Balaban J connectivity index is 2.52. The molecule has 2 N–H and O–H groups in total. The lowest BCUT2D eigenvalue weighted by Crippen LogP contribution is -2.37. The number of rotatable bonds is 4. The quantitative estimate of drug-likeness (QED) is 0.720. The van der Waals surface area contributed by atoms with Crippen LogP contribution in [0.25, 0.3) is 0 Å². The summed E-state index contributed by atoms with van der Waals surface area (Å²) >= 11 is 0. The molecule has 1 rings (SSSR count). The molecule has 0 aromatic rings. The summed E-state index contributed by atoms with van der Waals surface area (Å²) in [6, 6.07) is 0. The normalized spacial score (nSPS) is 25.8. The second-order valence-corrected chi connectivity index (χ2v) is 4.52. The zero-order valence-electron chi connectivity index (χ0n) is 9.87. The molecule has 0 radical (unpaired) electrons. The van der Waals surface area contributed by atoms with Gasteiger partial charge in [-0.3, -0.25) is 9.59 Å². The molecule has 92 valence electrons. The maximum absolute atomic E-state index is 11.9. The van der Waals surface area contributed by atoms with Gasteiger partial charge in [0.2, 0.25) is 5.91 Å². The molecular weight excluding hydrogens is 206 g/mol. The monoisotopic (exact) mass is 227 g/mol. The molecule has 0 spiro atoms. The van der Waals surface area contributed by atoms with Gasteiger partial charge in [0, 0.05) is 5.92 Å². The van der Waals surface area contributed by atoms with E-state index in [9.17, 15) is 9.59 Å². The van der Waals surface area contributed by atoms with Gasteiger partial charge in [-0.15, -0.1) is 0 Å². The van der Waals surface area contributed by atoms with Crippen molar-refractivity contribution in [3.8, 4) is 0 Å². The van der Waals surface area contributed by atoms with Crippen LogP contribution in [-0.2, 0) is 9.59 Å². The summed E-state index contributed by atoms with van der Waals surface area (Å²) in [5, 5.41) is 11.0. The lowest BCUT2D eigenvalue weighted by atomic mass is 9.85. The molecule has 1 aliphatic rings. The topological polar surface area (TPSA) is 66.4 Å². The summed E-state index contributed by atoms with van der Waals surface area (Å²) in [6.45, 7) is 1.85. The lowest BCUT2D eigenvalue weighted by molar-refractivity contribution is -0.139. The number of carbonyl (C=O) groups is 2. The van der Waals surface area contributed by atoms with E-state index in [1.807, 2.05) is 0 Å². The van der Waals surface area contributed by atoms with Gasteiger partial charge in [-0.25, -0.2) is 0 Å². The Morgan fingerprint density at radius 1 is 1.25 bits per heavy atom. The largest absolute Gasteiger partial charge is 0.480 e. The molecule has 1 saturated carbocycles. The van der Waals surface area contributed by atoms with Crippen molar-refractivity contribution in [3.63, 3.8) is 0 Å². The van der Waals surface area contributed by atoms with Gasteiger partial charge >= 0.3 is 5.97 Å². The highest BCUT2D eigenvalue weighted by molar-refractivity contribution is 5.83. The fraction of sp³-hybridized carbons (Fsp3) is 0.833. The average Bonchev–Trinajstić information content (AvgIpc) is 2.50. The standard InChI is InChI=1S/C12H21NO3/c1-2-9-6-4-3-5-7-10(9)12(16)13-8-11(14)15/h9-10H,2-8H2,1H3,(H,13,16)(H,14,15). The fourth-order valence-corrected chi connectivity index (χ4v) is 2.51. The van der Waals surface area contributed by atoms with Crippen molar-refractivity contribution in [1.82, 2.24) is 5.32 Å². The molecule has 4 nitrogen and oxygen atoms in total. The molecule has 0 aromatic carbocycles. The maximum Gasteiger partial charge on any atom is 0.322 e. The van der Waals surface area contributed by atoms with Gasteiger partial charge in [0.25, 0.3) is 0 Å². The van der Waals surface area contributed by atoms with E-state index in [4.69, 9.17) is 5.11 Å². The minimum atomic E-state index is -0.977. The molecule has 2 unspecified atom stereocenters. The minimum absolute atomic E-state index is 0.0202. The van der Waals surface area contributed by atoms with Crippen molar-refractivity contribution in [3.05, 3.63) is 0 Å². The number of hydrogen-bond acceptors (Lipinski definition) is 2. The van der Waals surface area contributed by atoms with Crippen molar-refractivity contribution in [2.45, 2.75) is 45.4 Å². The highest BCUT2D eigenvalue weighted by atomic mass is 16.4. The first-order chi connectivity index (χ1) is 7.65. The van der Waals surface area contributed by atoms with Crippen molar-refractivity contribution < 1.29 is 14.7 Å². The number of carboxylic acid groups (broad SMARTS) is 1. The van der Waals surface area contributed by atoms with Crippen LogP contribution >= 0.6 is 0 Å². The average molecular weight is 227 g/mol. The molecule has 0 saturated heterocycles. The van der Waals surface area contributed by atoms with E-state index in [2.05, 4.69) is 12.2 Å². The molecular formula is C12H21NO3. The molecule has 0 heterocycles. The van der Waals surface area contributed by atoms with Crippen LogP contribution in [0.4, 0.5) is 0 Å². The summed E-state index contributed by atoms with van der Waals surface area (Å²) in [5.41, 5.74) is 0. The zero-order chi connectivity index (χ0) is 12.0. The molecule has 2 atom stereocenters. The first-order valence-electron chi connectivity index (χ1n) is 6.14. The molecule has 0 bridgehead atoms. The third-order valence-electron chi connectivity index (χ3n) is 3.43. The van der Waals surface area contributed by atoms with Crippen LogP contribution < -0.4 is 5.32 Å². The molecule has 1 fully saturated rings. The smallest absolute Gasteiger partial charge is 0.322 e. The van der Waals surface area contributed by atoms with Crippen LogP contribution in [-0.4, -0.2) is 23.5 Å². The molecule has 1 amide bonds. The Kier molecular flexibility index (Phi) is 5.29. The number of nitrogens with one attached hydrogen (secondary N) is 1. The van der Waals surface area contributed by atoms with Gasteiger partial charge < -0.3 is 10.4 Å². The highest BCUT2D eigenvalue weighted by Gasteiger charge is 2.28. The number of hydrogen-bond donors (Lipinski definition) is 2. The molecule has 1 aliphatic carbocycles. The van der Waals surface area contributed by atoms with Crippen molar-refractivity contribution in [2.75, 3.05) is 6.54 Å². The van der Waals surface area contributed by atoms with E-state index in [1.54, 1.807) is 0 Å². The van der Waals surface area contributed by atoms with Crippen LogP contribution in [0.5, 0.6) is 0 Å². The van der Waals surface area contributed by atoms with Gasteiger partial charge in [0.15, 0.2) is 0 Å². The third kappa shape index (κ3) is 3.83. The maximum atomic E-state index is 11.9. The van der Waals surface area contributed by atoms with Crippen molar-refractivity contribution in [2.24, 2.45) is 11.8 Å². The fourth-order valence-electron chi connectivity index (χ4n) is 2.51. The molecule has 0 aliphatic heterocycles. The summed E-state index contributed by atoms with van der Waals surface area (Å²) in [7, 11) is 0. The Morgan fingerprint density at radius 2 is 1.94 bits per heavy atom.